The summed E-state index contributed by atoms with van der Waals surface area (Å²) in [7, 11) is 1.35. The molecule has 158 valence electrons. The summed E-state index contributed by atoms with van der Waals surface area (Å²) in [5.74, 6) is 0.374. The minimum Gasteiger partial charge on any atom is -0.453 e. The molecule has 1 saturated heterocycles. The number of piperidine rings is 1. The zero-order chi connectivity index (χ0) is 20.8. The second kappa shape index (κ2) is 7.26. The van der Waals surface area contributed by atoms with E-state index in [1.54, 1.807) is 6.92 Å². The summed E-state index contributed by atoms with van der Waals surface area (Å²) in [6.07, 6.45) is 5.11. The Morgan fingerprint density at radius 3 is 2.45 bits per heavy atom. The number of amides is 2. The average molecular weight is 403 g/mol. The number of hydrogen-bond donors (Lipinski definition) is 1. The smallest absolute Gasteiger partial charge is 0.407 e. The molecule has 0 unspecified atom stereocenters. The largest absolute Gasteiger partial charge is 0.453 e. The molecule has 6 nitrogen and oxygen atoms in total. The second-order valence-electron chi connectivity index (χ2n) is 9.52. The molecule has 1 aliphatic heterocycles. The zero-order valence-electron chi connectivity index (χ0n) is 17.5. The number of alkyl carbamates (subject to hydrolysis) is 1. The molecular formula is C22H30FN3O3. The van der Waals surface area contributed by atoms with Crippen molar-refractivity contribution in [2.75, 3.05) is 20.2 Å². The van der Waals surface area contributed by atoms with Gasteiger partial charge in [0.05, 0.1) is 12.8 Å². The Labute approximate surface area is 171 Å². The van der Waals surface area contributed by atoms with Crippen LogP contribution in [-0.4, -0.2) is 47.6 Å². The van der Waals surface area contributed by atoms with E-state index in [1.807, 2.05) is 17.9 Å². The number of hydrogen-bond acceptors (Lipinski definition) is 4. The van der Waals surface area contributed by atoms with Crippen LogP contribution in [0.3, 0.4) is 0 Å². The van der Waals surface area contributed by atoms with Crippen molar-refractivity contribution in [3.05, 3.63) is 29.3 Å². The van der Waals surface area contributed by atoms with Crippen LogP contribution in [0.5, 0.6) is 0 Å². The predicted octanol–water partition coefficient (Wildman–Crippen LogP) is 3.54. The quantitative estimate of drug-likeness (QED) is 0.838. The topological polar surface area (TPSA) is 71.5 Å². The van der Waals surface area contributed by atoms with Gasteiger partial charge in [0.25, 0.3) is 0 Å². The third-order valence-corrected chi connectivity index (χ3v) is 7.29. The van der Waals surface area contributed by atoms with E-state index in [2.05, 4.69) is 15.0 Å². The minimum absolute atomic E-state index is 0.00765. The molecule has 7 heteroatoms. The van der Waals surface area contributed by atoms with Crippen LogP contribution in [0.15, 0.2) is 12.1 Å². The van der Waals surface area contributed by atoms with Gasteiger partial charge in [0.1, 0.15) is 5.82 Å². The first-order chi connectivity index (χ1) is 13.7. The number of likely N-dealkylation sites (tertiary alicyclic amines) is 1. The van der Waals surface area contributed by atoms with Crippen LogP contribution in [0.1, 0.15) is 62.8 Å². The third kappa shape index (κ3) is 3.83. The predicted molar refractivity (Wildman–Crippen MR) is 106 cm³/mol. The van der Waals surface area contributed by atoms with Crippen LogP contribution >= 0.6 is 0 Å². The SMILES string of the molecule is COC(=O)N[C@]1(C)C[C@H](C(=O)N2CCC3(CC2)CC(c2ccc(F)c(C)n2)C3)C1. The maximum atomic E-state index is 13.5. The fourth-order valence-corrected chi connectivity index (χ4v) is 5.46. The number of methoxy groups -OCH3 is 1. The lowest BCUT2D eigenvalue weighted by molar-refractivity contribution is -0.144. The molecule has 1 aromatic heterocycles. The van der Waals surface area contributed by atoms with Gasteiger partial charge < -0.3 is 15.0 Å². The number of aromatic nitrogens is 1. The van der Waals surface area contributed by atoms with Crippen molar-refractivity contribution >= 4 is 12.0 Å². The normalized spacial score (nSPS) is 28.4. The van der Waals surface area contributed by atoms with Crippen molar-refractivity contribution in [3.63, 3.8) is 0 Å². The summed E-state index contributed by atoms with van der Waals surface area (Å²) in [5.41, 5.74) is 1.44. The Morgan fingerprint density at radius 2 is 1.86 bits per heavy atom. The molecule has 0 aromatic carbocycles. The summed E-state index contributed by atoms with van der Waals surface area (Å²) >= 11 is 0. The number of ether oxygens (including phenoxy) is 1. The first kappa shape index (κ1) is 20.1. The highest BCUT2D eigenvalue weighted by molar-refractivity contribution is 5.81. The van der Waals surface area contributed by atoms with Crippen molar-refractivity contribution in [2.45, 2.75) is 63.8 Å². The first-order valence-corrected chi connectivity index (χ1v) is 10.5. The molecule has 0 radical (unpaired) electrons. The fraction of sp³-hybridized carbons (Fsp3) is 0.682. The third-order valence-electron chi connectivity index (χ3n) is 7.29. The summed E-state index contributed by atoms with van der Waals surface area (Å²) in [6.45, 7) is 5.28. The first-order valence-electron chi connectivity index (χ1n) is 10.5. The van der Waals surface area contributed by atoms with Gasteiger partial charge in [-0.1, -0.05) is 0 Å². The van der Waals surface area contributed by atoms with E-state index >= 15 is 0 Å². The number of pyridine rings is 1. The molecule has 1 spiro atoms. The zero-order valence-corrected chi connectivity index (χ0v) is 17.5. The number of carbonyl (C=O) groups is 2. The summed E-state index contributed by atoms with van der Waals surface area (Å²) in [5, 5.41) is 2.83. The van der Waals surface area contributed by atoms with Gasteiger partial charge in [-0.2, -0.15) is 0 Å². The Balaban J connectivity index is 1.25. The van der Waals surface area contributed by atoms with Gasteiger partial charge in [0.2, 0.25) is 5.91 Å². The van der Waals surface area contributed by atoms with Crippen LogP contribution in [0.4, 0.5) is 9.18 Å². The molecule has 3 fully saturated rings. The summed E-state index contributed by atoms with van der Waals surface area (Å²) in [6, 6.07) is 3.33. The van der Waals surface area contributed by atoms with Gasteiger partial charge in [0, 0.05) is 36.2 Å². The number of nitrogens with zero attached hydrogens (tertiary/aromatic N) is 2. The van der Waals surface area contributed by atoms with Gasteiger partial charge >= 0.3 is 6.09 Å². The van der Waals surface area contributed by atoms with E-state index in [9.17, 15) is 14.0 Å². The van der Waals surface area contributed by atoms with Crippen LogP contribution in [0.2, 0.25) is 0 Å². The van der Waals surface area contributed by atoms with E-state index in [1.165, 1.54) is 13.2 Å². The lowest BCUT2D eigenvalue weighted by atomic mass is 9.56. The van der Waals surface area contributed by atoms with Gasteiger partial charge in [0.15, 0.2) is 0 Å². The van der Waals surface area contributed by atoms with E-state index in [0.29, 0.717) is 29.9 Å². The van der Waals surface area contributed by atoms with Gasteiger partial charge in [-0.15, -0.1) is 0 Å². The number of halogens is 1. The fourth-order valence-electron chi connectivity index (χ4n) is 5.46. The van der Waals surface area contributed by atoms with E-state index in [4.69, 9.17) is 0 Å². The molecule has 0 bridgehead atoms. The van der Waals surface area contributed by atoms with Crippen LogP contribution in [0, 0.1) is 24.1 Å². The standard InChI is InChI=1S/C22H30FN3O3/c1-14-17(23)4-5-18(24-14)15-12-22(13-15)6-8-26(9-7-22)19(27)16-10-21(2,11-16)25-20(28)29-3/h4-5,15-16H,6-13H2,1-3H3,(H,25,28)/t16-,21+. The van der Waals surface area contributed by atoms with Crippen LogP contribution in [0.25, 0.3) is 0 Å². The van der Waals surface area contributed by atoms with E-state index in [-0.39, 0.29) is 23.2 Å². The number of aryl methyl sites for hydroxylation is 1. The van der Waals surface area contributed by atoms with Crippen molar-refractivity contribution in [3.8, 4) is 0 Å². The molecule has 1 N–H and O–H groups in total. The Hall–Kier alpha value is -2.18. The van der Waals surface area contributed by atoms with E-state index in [0.717, 1.165) is 44.5 Å². The van der Waals surface area contributed by atoms with Gasteiger partial charge in [-0.25, -0.2) is 9.18 Å². The van der Waals surface area contributed by atoms with E-state index < -0.39 is 6.09 Å². The summed E-state index contributed by atoms with van der Waals surface area (Å²) in [4.78, 5) is 30.7. The molecule has 1 aromatic rings. The maximum Gasteiger partial charge on any atom is 0.407 e. The highest BCUT2D eigenvalue weighted by Gasteiger charge is 2.50. The van der Waals surface area contributed by atoms with Crippen LogP contribution < -0.4 is 5.32 Å². The average Bonchev–Trinajstić information content (AvgIpc) is 2.65. The molecule has 2 aliphatic carbocycles. The van der Waals surface area contributed by atoms with Crippen molar-refractivity contribution < 1.29 is 18.7 Å². The molecule has 2 heterocycles. The summed E-state index contributed by atoms with van der Waals surface area (Å²) < 4.78 is 18.1. The minimum atomic E-state index is -0.441. The molecule has 2 amide bonds. The van der Waals surface area contributed by atoms with Crippen LogP contribution in [-0.2, 0) is 9.53 Å². The van der Waals surface area contributed by atoms with Crippen molar-refractivity contribution in [1.82, 2.24) is 15.2 Å². The monoisotopic (exact) mass is 403 g/mol. The van der Waals surface area contributed by atoms with Crippen molar-refractivity contribution in [1.29, 1.82) is 0 Å². The Bertz CT molecular complexity index is 806. The number of rotatable bonds is 3. The number of carbonyl (C=O) groups excluding carboxylic acids is 2. The molecule has 29 heavy (non-hydrogen) atoms. The lowest BCUT2D eigenvalue weighted by Gasteiger charge is -2.53. The highest BCUT2D eigenvalue weighted by atomic mass is 19.1. The van der Waals surface area contributed by atoms with Gasteiger partial charge in [-0.05, 0) is 69.9 Å². The molecule has 4 rings (SSSR count). The lowest BCUT2D eigenvalue weighted by Crippen LogP contribution is -2.59. The second-order valence-corrected chi connectivity index (χ2v) is 9.52. The molecule has 3 aliphatic rings. The highest BCUT2D eigenvalue weighted by Crippen LogP contribution is 2.56. The Kier molecular flexibility index (Phi) is 5.03. The van der Waals surface area contributed by atoms with Crippen molar-refractivity contribution in [2.24, 2.45) is 11.3 Å². The molecular weight excluding hydrogens is 373 g/mol. The van der Waals surface area contributed by atoms with Gasteiger partial charge in [-0.3, -0.25) is 9.78 Å². The Morgan fingerprint density at radius 1 is 1.21 bits per heavy atom. The number of nitrogens with one attached hydrogen (secondary N) is 1. The maximum absolute atomic E-state index is 13.5. The molecule has 0 atom stereocenters. The molecule has 2 saturated carbocycles.